The average Bonchev–Trinajstić information content (AvgIpc) is 2.32. The molecule has 0 aliphatic heterocycles. The van der Waals surface area contributed by atoms with Gasteiger partial charge < -0.3 is 10.0 Å². The molecule has 0 saturated heterocycles. The molecule has 3 nitrogen and oxygen atoms in total. The second-order valence-electron chi connectivity index (χ2n) is 4.51. The Labute approximate surface area is 108 Å². The van der Waals surface area contributed by atoms with Gasteiger partial charge in [-0.1, -0.05) is 26.0 Å². The molecule has 1 rings (SSSR count). The van der Waals surface area contributed by atoms with Crippen molar-refractivity contribution in [3.8, 4) is 0 Å². The van der Waals surface area contributed by atoms with Gasteiger partial charge in [-0.25, -0.2) is 4.39 Å². The van der Waals surface area contributed by atoms with Crippen molar-refractivity contribution < 1.29 is 14.4 Å². The van der Waals surface area contributed by atoms with Crippen molar-refractivity contribution >= 4 is 12.6 Å². The van der Waals surface area contributed by atoms with E-state index in [-0.39, 0.29) is 5.46 Å². The molecule has 0 heterocycles. The van der Waals surface area contributed by atoms with E-state index in [0.29, 0.717) is 6.54 Å². The van der Waals surface area contributed by atoms with E-state index in [9.17, 15) is 4.39 Å². The van der Waals surface area contributed by atoms with Gasteiger partial charge in [-0.3, -0.25) is 4.90 Å². The van der Waals surface area contributed by atoms with Gasteiger partial charge in [0.25, 0.3) is 0 Å². The van der Waals surface area contributed by atoms with Crippen molar-refractivity contribution in [2.75, 3.05) is 13.1 Å². The van der Waals surface area contributed by atoms with Crippen LogP contribution >= 0.6 is 0 Å². The van der Waals surface area contributed by atoms with Crippen LogP contribution in [0.3, 0.4) is 0 Å². The predicted octanol–water partition coefficient (Wildman–Crippen LogP) is 1.13. The van der Waals surface area contributed by atoms with E-state index < -0.39 is 12.9 Å². The summed E-state index contributed by atoms with van der Waals surface area (Å²) < 4.78 is 13.3. The topological polar surface area (TPSA) is 43.7 Å². The van der Waals surface area contributed by atoms with Crippen molar-refractivity contribution in [3.05, 3.63) is 29.6 Å². The zero-order valence-corrected chi connectivity index (χ0v) is 11.1. The zero-order valence-electron chi connectivity index (χ0n) is 11.1. The summed E-state index contributed by atoms with van der Waals surface area (Å²) in [5, 5.41) is 18.1. The Balaban J connectivity index is 2.79. The predicted molar refractivity (Wildman–Crippen MR) is 72.1 cm³/mol. The van der Waals surface area contributed by atoms with E-state index in [0.717, 1.165) is 31.5 Å². The summed E-state index contributed by atoms with van der Waals surface area (Å²) >= 11 is 0. The molecular weight excluding hydrogens is 232 g/mol. The summed E-state index contributed by atoms with van der Waals surface area (Å²) in [6.07, 6.45) is 2.13. The van der Waals surface area contributed by atoms with Crippen LogP contribution in [0.1, 0.15) is 32.3 Å². The second-order valence-corrected chi connectivity index (χ2v) is 4.51. The first-order valence-electron chi connectivity index (χ1n) is 6.45. The third-order valence-electron chi connectivity index (χ3n) is 2.82. The second kappa shape index (κ2) is 7.51. The Bertz CT molecular complexity index is 368. The van der Waals surface area contributed by atoms with Gasteiger partial charge in [0.15, 0.2) is 0 Å². The lowest BCUT2D eigenvalue weighted by atomic mass is 9.79. The third kappa shape index (κ3) is 4.40. The van der Waals surface area contributed by atoms with Gasteiger partial charge in [-0.15, -0.1) is 0 Å². The van der Waals surface area contributed by atoms with Crippen LogP contribution < -0.4 is 5.46 Å². The maximum Gasteiger partial charge on any atom is 0.491 e. The summed E-state index contributed by atoms with van der Waals surface area (Å²) in [6.45, 7) is 6.93. The third-order valence-corrected chi connectivity index (χ3v) is 2.82. The summed E-state index contributed by atoms with van der Waals surface area (Å²) in [5.74, 6) is -0.578. The monoisotopic (exact) mass is 253 g/mol. The maximum absolute atomic E-state index is 13.3. The van der Waals surface area contributed by atoms with E-state index >= 15 is 0 Å². The molecule has 1 aromatic carbocycles. The highest BCUT2D eigenvalue weighted by Gasteiger charge is 2.17. The van der Waals surface area contributed by atoms with Crippen LogP contribution in [0.25, 0.3) is 0 Å². The van der Waals surface area contributed by atoms with E-state index in [4.69, 9.17) is 10.0 Å². The molecule has 5 heteroatoms. The molecule has 0 spiro atoms. The number of benzene rings is 1. The van der Waals surface area contributed by atoms with E-state index in [2.05, 4.69) is 18.7 Å². The van der Waals surface area contributed by atoms with Crippen molar-refractivity contribution in [1.82, 2.24) is 4.90 Å². The lowest BCUT2D eigenvalue weighted by Crippen LogP contribution is -2.34. The molecule has 0 aromatic heterocycles. The lowest BCUT2D eigenvalue weighted by molar-refractivity contribution is 0.266. The minimum atomic E-state index is -1.75. The highest BCUT2D eigenvalue weighted by molar-refractivity contribution is 6.58. The van der Waals surface area contributed by atoms with Crippen molar-refractivity contribution in [2.45, 2.75) is 33.2 Å². The van der Waals surface area contributed by atoms with Crippen LogP contribution in [0.4, 0.5) is 4.39 Å². The molecule has 0 saturated carbocycles. The Morgan fingerprint density at radius 1 is 1.17 bits per heavy atom. The van der Waals surface area contributed by atoms with Crippen LogP contribution in [0, 0.1) is 5.82 Å². The highest BCUT2D eigenvalue weighted by Crippen LogP contribution is 2.07. The first-order chi connectivity index (χ1) is 8.58. The molecule has 0 amide bonds. The quantitative estimate of drug-likeness (QED) is 0.716. The van der Waals surface area contributed by atoms with Gasteiger partial charge in [0.1, 0.15) is 5.82 Å². The van der Waals surface area contributed by atoms with Gasteiger partial charge in [-0.2, -0.15) is 0 Å². The normalized spacial score (nSPS) is 11.0. The number of hydrogen-bond donors (Lipinski definition) is 2. The Hall–Kier alpha value is -0.905. The molecule has 0 bridgehead atoms. The molecule has 0 radical (unpaired) electrons. The minimum Gasteiger partial charge on any atom is -0.423 e. The summed E-state index contributed by atoms with van der Waals surface area (Å²) in [4.78, 5) is 2.28. The number of hydrogen-bond acceptors (Lipinski definition) is 3. The summed E-state index contributed by atoms with van der Waals surface area (Å²) in [6, 6.07) is 4.51. The van der Waals surface area contributed by atoms with Gasteiger partial charge >= 0.3 is 7.12 Å². The molecule has 0 unspecified atom stereocenters. The van der Waals surface area contributed by atoms with E-state index in [1.54, 1.807) is 6.07 Å². The fourth-order valence-electron chi connectivity index (χ4n) is 2.05. The maximum atomic E-state index is 13.3. The lowest BCUT2D eigenvalue weighted by Gasteiger charge is -2.21. The Morgan fingerprint density at radius 3 is 2.28 bits per heavy atom. The van der Waals surface area contributed by atoms with Crippen molar-refractivity contribution in [3.63, 3.8) is 0 Å². The minimum absolute atomic E-state index is 0.0551. The van der Waals surface area contributed by atoms with Crippen LogP contribution in [-0.4, -0.2) is 35.2 Å². The largest absolute Gasteiger partial charge is 0.491 e. The molecule has 0 aliphatic carbocycles. The number of halogens is 1. The smallest absolute Gasteiger partial charge is 0.423 e. The molecule has 0 aliphatic rings. The fourth-order valence-corrected chi connectivity index (χ4v) is 2.05. The van der Waals surface area contributed by atoms with E-state index in [1.807, 2.05) is 0 Å². The Kier molecular flexibility index (Phi) is 6.32. The number of rotatable bonds is 7. The molecular formula is C13H21BFNO2. The average molecular weight is 253 g/mol. The van der Waals surface area contributed by atoms with Gasteiger partial charge in [0, 0.05) is 12.0 Å². The SMILES string of the molecule is CCCN(CCC)Cc1ccc(F)c(B(O)O)c1. The molecule has 18 heavy (non-hydrogen) atoms. The summed E-state index contributed by atoms with van der Waals surface area (Å²) in [5.41, 5.74) is 0.849. The van der Waals surface area contributed by atoms with Crippen molar-refractivity contribution in [1.29, 1.82) is 0 Å². The molecule has 0 fully saturated rings. The molecule has 1 aromatic rings. The summed E-state index contributed by atoms with van der Waals surface area (Å²) in [7, 11) is -1.75. The molecule has 2 N–H and O–H groups in total. The molecule has 100 valence electrons. The van der Waals surface area contributed by atoms with E-state index in [1.165, 1.54) is 12.1 Å². The van der Waals surface area contributed by atoms with Crippen LogP contribution in [0.15, 0.2) is 18.2 Å². The Morgan fingerprint density at radius 2 is 1.78 bits per heavy atom. The van der Waals surface area contributed by atoms with Crippen LogP contribution in [-0.2, 0) is 6.54 Å². The van der Waals surface area contributed by atoms with Gasteiger partial charge in [-0.05, 0) is 37.6 Å². The van der Waals surface area contributed by atoms with Gasteiger partial charge in [0.2, 0.25) is 0 Å². The first-order valence-corrected chi connectivity index (χ1v) is 6.45. The van der Waals surface area contributed by atoms with Crippen molar-refractivity contribution in [2.24, 2.45) is 0 Å². The first kappa shape index (κ1) is 15.2. The standard InChI is InChI=1S/C13H21BFNO2/c1-3-7-16(8-4-2)10-11-5-6-13(15)12(9-11)14(17)18/h5-6,9,17-18H,3-4,7-8,10H2,1-2H3. The van der Waals surface area contributed by atoms with Crippen LogP contribution in [0.2, 0.25) is 0 Å². The molecule has 0 atom stereocenters. The fraction of sp³-hybridized carbons (Fsp3) is 0.538. The van der Waals surface area contributed by atoms with Crippen LogP contribution in [0.5, 0.6) is 0 Å². The highest BCUT2D eigenvalue weighted by atomic mass is 19.1. The van der Waals surface area contributed by atoms with Gasteiger partial charge in [0.05, 0.1) is 0 Å². The number of nitrogens with zero attached hydrogens (tertiary/aromatic N) is 1. The zero-order chi connectivity index (χ0) is 13.5.